The normalized spacial score (nSPS) is 20.1. The predicted octanol–water partition coefficient (Wildman–Crippen LogP) is 3.56. The van der Waals surface area contributed by atoms with E-state index in [4.69, 9.17) is 4.74 Å². The number of amides is 1. The van der Waals surface area contributed by atoms with Crippen molar-refractivity contribution >= 4 is 33.1 Å². The van der Waals surface area contributed by atoms with Crippen LogP contribution in [0.3, 0.4) is 0 Å². The average molecular weight is 491 g/mol. The van der Waals surface area contributed by atoms with E-state index >= 15 is 0 Å². The molecule has 1 amide bonds. The van der Waals surface area contributed by atoms with Crippen molar-refractivity contribution in [2.75, 3.05) is 26.2 Å². The zero-order valence-corrected chi connectivity index (χ0v) is 20.4. The average Bonchev–Trinajstić information content (AvgIpc) is 3.53. The standard InChI is InChI=1S/C24H30N2O5S2/c1-18(27)20-5-2-8-23(15-20)33(29,30)26-11-9-19(10-12-26)24(28)25(16-21-6-3-13-31-21)17-22-7-4-14-32-22/h2,4-5,7-8,14-15,19,21H,3,6,9-13,16-17H2,1H3. The van der Waals surface area contributed by atoms with Crippen molar-refractivity contribution in [1.82, 2.24) is 9.21 Å². The van der Waals surface area contributed by atoms with Gasteiger partial charge >= 0.3 is 0 Å². The van der Waals surface area contributed by atoms with Crippen LogP contribution in [-0.4, -0.2) is 61.7 Å². The molecule has 0 N–H and O–H groups in total. The molecular weight excluding hydrogens is 460 g/mol. The Morgan fingerprint density at radius 2 is 1.94 bits per heavy atom. The van der Waals surface area contributed by atoms with Crippen LogP contribution in [0.4, 0.5) is 0 Å². The van der Waals surface area contributed by atoms with Gasteiger partial charge in [0.15, 0.2) is 5.78 Å². The molecule has 7 nitrogen and oxygen atoms in total. The quantitative estimate of drug-likeness (QED) is 0.529. The molecule has 178 valence electrons. The molecular formula is C24H30N2O5S2. The van der Waals surface area contributed by atoms with E-state index in [1.165, 1.54) is 23.4 Å². The first-order chi connectivity index (χ1) is 15.8. The number of nitrogens with zero attached hydrogens (tertiary/aromatic N) is 2. The lowest BCUT2D eigenvalue weighted by Crippen LogP contribution is -2.45. The van der Waals surface area contributed by atoms with Gasteiger partial charge in [-0.05, 0) is 56.2 Å². The van der Waals surface area contributed by atoms with Crippen LogP contribution in [0.5, 0.6) is 0 Å². The maximum absolute atomic E-state index is 13.4. The van der Waals surface area contributed by atoms with Crippen molar-refractivity contribution in [3.8, 4) is 0 Å². The lowest BCUT2D eigenvalue weighted by atomic mass is 9.96. The SMILES string of the molecule is CC(=O)c1cccc(S(=O)(=O)N2CCC(C(=O)N(Cc3cccs3)CC3CCCO3)CC2)c1. The van der Waals surface area contributed by atoms with Gasteiger partial charge in [0, 0.05) is 42.6 Å². The minimum atomic E-state index is -3.71. The van der Waals surface area contributed by atoms with Gasteiger partial charge in [-0.1, -0.05) is 18.2 Å². The Morgan fingerprint density at radius 1 is 1.15 bits per heavy atom. The smallest absolute Gasteiger partial charge is 0.243 e. The number of Topliss-reactive ketones (excluding diaryl/α,β-unsaturated/α-hetero) is 1. The highest BCUT2D eigenvalue weighted by atomic mass is 32.2. The molecule has 1 aromatic heterocycles. The van der Waals surface area contributed by atoms with E-state index in [9.17, 15) is 18.0 Å². The van der Waals surface area contributed by atoms with Gasteiger partial charge in [-0.25, -0.2) is 8.42 Å². The zero-order valence-electron chi connectivity index (χ0n) is 18.8. The lowest BCUT2D eigenvalue weighted by molar-refractivity contribution is -0.139. The number of piperidine rings is 1. The lowest BCUT2D eigenvalue weighted by Gasteiger charge is -2.34. The molecule has 1 aromatic carbocycles. The van der Waals surface area contributed by atoms with Gasteiger partial charge in [-0.2, -0.15) is 4.31 Å². The molecule has 2 fully saturated rings. The molecule has 4 rings (SSSR count). The van der Waals surface area contributed by atoms with E-state index in [-0.39, 0.29) is 41.7 Å². The Hall–Kier alpha value is -2.07. The molecule has 3 heterocycles. The number of carbonyl (C=O) groups is 2. The first kappa shape index (κ1) is 24.1. The Labute approximate surface area is 199 Å². The highest BCUT2D eigenvalue weighted by molar-refractivity contribution is 7.89. The minimum Gasteiger partial charge on any atom is -0.376 e. The van der Waals surface area contributed by atoms with Crippen molar-refractivity contribution in [3.05, 3.63) is 52.2 Å². The maximum atomic E-state index is 13.4. The van der Waals surface area contributed by atoms with Crippen LogP contribution in [0, 0.1) is 5.92 Å². The third kappa shape index (κ3) is 5.71. The third-order valence-corrected chi connectivity index (χ3v) is 9.12. The summed E-state index contributed by atoms with van der Waals surface area (Å²) in [5.41, 5.74) is 0.375. The number of carbonyl (C=O) groups excluding carboxylic acids is 2. The van der Waals surface area contributed by atoms with Gasteiger partial charge in [-0.3, -0.25) is 9.59 Å². The van der Waals surface area contributed by atoms with Crippen LogP contribution in [0.1, 0.15) is 47.8 Å². The van der Waals surface area contributed by atoms with Gasteiger partial charge in [0.2, 0.25) is 15.9 Å². The Balaban J connectivity index is 1.42. The van der Waals surface area contributed by atoms with E-state index in [0.717, 1.165) is 24.3 Å². The van der Waals surface area contributed by atoms with Crippen molar-refractivity contribution in [2.24, 2.45) is 5.92 Å². The Kier molecular flexibility index (Phi) is 7.63. The van der Waals surface area contributed by atoms with Gasteiger partial charge < -0.3 is 9.64 Å². The molecule has 0 aliphatic carbocycles. The molecule has 2 aliphatic heterocycles. The van der Waals surface area contributed by atoms with Crippen LogP contribution in [-0.2, 0) is 26.1 Å². The minimum absolute atomic E-state index is 0.0722. The molecule has 0 radical (unpaired) electrons. The number of benzene rings is 1. The second-order valence-electron chi connectivity index (χ2n) is 8.70. The zero-order chi connectivity index (χ0) is 23.4. The van der Waals surface area contributed by atoms with Crippen LogP contribution >= 0.6 is 11.3 Å². The Bertz CT molecular complexity index is 1070. The summed E-state index contributed by atoms with van der Waals surface area (Å²) in [6.07, 6.45) is 3.02. The second-order valence-corrected chi connectivity index (χ2v) is 11.7. The number of ether oxygens (including phenoxy) is 1. The number of rotatable bonds is 8. The monoisotopic (exact) mass is 490 g/mol. The summed E-state index contributed by atoms with van der Waals surface area (Å²) in [5.74, 6) is -0.302. The molecule has 0 spiro atoms. The van der Waals surface area contributed by atoms with E-state index in [0.29, 0.717) is 31.5 Å². The van der Waals surface area contributed by atoms with Crippen LogP contribution < -0.4 is 0 Å². The summed E-state index contributed by atoms with van der Waals surface area (Å²) in [4.78, 5) is 28.2. The summed E-state index contributed by atoms with van der Waals surface area (Å²) in [6, 6.07) is 10.2. The number of hydrogen-bond acceptors (Lipinski definition) is 6. The van der Waals surface area contributed by atoms with Crippen molar-refractivity contribution in [1.29, 1.82) is 0 Å². The largest absolute Gasteiger partial charge is 0.376 e. The number of sulfonamides is 1. The summed E-state index contributed by atoms with van der Waals surface area (Å²) in [6.45, 7) is 3.87. The van der Waals surface area contributed by atoms with Crippen molar-refractivity contribution in [2.45, 2.75) is 50.2 Å². The van der Waals surface area contributed by atoms with E-state index in [1.54, 1.807) is 23.5 Å². The first-order valence-corrected chi connectivity index (χ1v) is 13.7. The summed E-state index contributed by atoms with van der Waals surface area (Å²) >= 11 is 1.63. The van der Waals surface area contributed by atoms with Gasteiger partial charge in [0.25, 0.3) is 0 Å². The molecule has 9 heteroatoms. The van der Waals surface area contributed by atoms with Crippen LogP contribution in [0.15, 0.2) is 46.7 Å². The van der Waals surface area contributed by atoms with Crippen molar-refractivity contribution < 1.29 is 22.7 Å². The topological polar surface area (TPSA) is 84.0 Å². The molecule has 2 aromatic rings. The van der Waals surface area contributed by atoms with Crippen molar-refractivity contribution in [3.63, 3.8) is 0 Å². The molecule has 1 atom stereocenters. The molecule has 0 bridgehead atoms. The summed E-state index contributed by atoms with van der Waals surface area (Å²) in [7, 11) is -3.71. The van der Waals surface area contributed by atoms with E-state index < -0.39 is 10.0 Å². The number of thiophene rings is 1. The highest BCUT2D eigenvalue weighted by Crippen LogP contribution is 2.27. The number of hydrogen-bond donors (Lipinski definition) is 0. The van der Waals surface area contributed by atoms with Gasteiger partial charge in [-0.15, -0.1) is 11.3 Å². The summed E-state index contributed by atoms with van der Waals surface area (Å²) in [5, 5.41) is 2.01. The van der Waals surface area contributed by atoms with Gasteiger partial charge in [0.05, 0.1) is 17.5 Å². The fourth-order valence-electron chi connectivity index (χ4n) is 4.48. The van der Waals surface area contributed by atoms with Crippen LogP contribution in [0.25, 0.3) is 0 Å². The first-order valence-electron chi connectivity index (χ1n) is 11.4. The number of ketones is 1. The Morgan fingerprint density at radius 3 is 2.58 bits per heavy atom. The summed E-state index contributed by atoms with van der Waals surface area (Å²) < 4.78 is 33.4. The second kappa shape index (κ2) is 10.5. The highest BCUT2D eigenvalue weighted by Gasteiger charge is 2.35. The van der Waals surface area contributed by atoms with Gasteiger partial charge in [0.1, 0.15) is 0 Å². The van der Waals surface area contributed by atoms with E-state index in [1.807, 2.05) is 22.4 Å². The van der Waals surface area contributed by atoms with E-state index in [2.05, 4.69) is 0 Å². The fraction of sp³-hybridized carbons (Fsp3) is 0.500. The predicted molar refractivity (Wildman–Crippen MR) is 127 cm³/mol. The molecule has 1 unspecified atom stereocenters. The molecule has 2 aliphatic rings. The molecule has 33 heavy (non-hydrogen) atoms. The fourth-order valence-corrected chi connectivity index (χ4v) is 6.72. The molecule has 2 saturated heterocycles. The molecule has 0 saturated carbocycles. The third-order valence-electron chi connectivity index (χ3n) is 6.37. The maximum Gasteiger partial charge on any atom is 0.243 e. The van der Waals surface area contributed by atoms with Crippen LogP contribution in [0.2, 0.25) is 0 Å².